The van der Waals surface area contributed by atoms with Crippen molar-refractivity contribution < 1.29 is 10.2 Å². The van der Waals surface area contributed by atoms with Crippen LogP contribution >= 0.6 is 0 Å². The van der Waals surface area contributed by atoms with Crippen molar-refractivity contribution in [3.8, 4) is 0 Å². The Bertz CT molecular complexity index is 237. The summed E-state index contributed by atoms with van der Waals surface area (Å²) in [6, 6.07) is 0. The van der Waals surface area contributed by atoms with Crippen molar-refractivity contribution in [2.24, 2.45) is 5.73 Å². The summed E-state index contributed by atoms with van der Waals surface area (Å²) in [4.78, 5) is 3.86. The lowest BCUT2D eigenvalue weighted by atomic mass is 10.4. The van der Waals surface area contributed by atoms with Gasteiger partial charge in [-0.2, -0.15) is 5.10 Å². The number of rotatable bonds is 4. The molecule has 0 saturated heterocycles. The highest BCUT2D eigenvalue weighted by molar-refractivity contribution is 4.79. The van der Waals surface area contributed by atoms with E-state index in [9.17, 15) is 0 Å². The Labute approximate surface area is 69.6 Å². The van der Waals surface area contributed by atoms with Crippen LogP contribution in [0.15, 0.2) is 6.33 Å². The fraction of sp³-hybridized carbons (Fsp3) is 0.667. The van der Waals surface area contributed by atoms with Crippen molar-refractivity contribution in [2.75, 3.05) is 6.61 Å². The Hall–Kier alpha value is -0.980. The second-order valence-corrected chi connectivity index (χ2v) is 2.42. The fourth-order valence-electron chi connectivity index (χ4n) is 0.788. The molecule has 0 aliphatic carbocycles. The highest BCUT2D eigenvalue weighted by Crippen LogP contribution is 1.91. The summed E-state index contributed by atoms with van der Waals surface area (Å²) < 4.78 is 1.45. The summed E-state index contributed by atoms with van der Waals surface area (Å²) in [7, 11) is 0. The third-order valence-electron chi connectivity index (χ3n) is 1.38. The molecule has 0 radical (unpaired) electrons. The monoisotopic (exact) mass is 172 g/mol. The van der Waals surface area contributed by atoms with Gasteiger partial charge in [-0.05, 0) is 0 Å². The van der Waals surface area contributed by atoms with Gasteiger partial charge in [-0.15, -0.1) is 0 Å². The molecule has 0 aliphatic heterocycles. The molecular formula is C6H12N4O2. The van der Waals surface area contributed by atoms with Gasteiger partial charge in [0.15, 0.2) is 5.82 Å². The van der Waals surface area contributed by atoms with Crippen LogP contribution < -0.4 is 5.73 Å². The number of hydrogen-bond donors (Lipinski definition) is 3. The number of nitrogens with zero attached hydrogens (tertiary/aromatic N) is 3. The smallest absolute Gasteiger partial charge is 0.164 e. The van der Waals surface area contributed by atoms with Crippen LogP contribution in [0, 0.1) is 0 Å². The Morgan fingerprint density at radius 2 is 2.42 bits per heavy atom. The third kappa shape index (κ3) is 2.26. The van der Waals surface area contributed by atoms with E-state index in [1.807, 2.05) is 0 Å². The predicted octanol–water partition coefficient (Wildman–Crippen LogP) is -1.91. The van der Waals surface area contributed by atoms with Gasteiger partial charge in [-0.1, -0.05) is 0 Å². The fourth-order valence-corrected chi connectivity index (χ4v) is 0.788. The molecule has 12 heavy (non-hydrogen) atoms. The van der Waals surface area contributed by atoms with E-state index in [0.29, 0.717) is 5.82 Å². The Morgan fingerprint density at radius 3 is 2.92 bits per heavy atom. The zero-order chi connectivity index (χ0) is 8.97. The first-order valence-electron chi connectivity index (χ1n) is 3.63. The van der Waals surface area contributed by atoms with Gasteiger partial charge in [0.2, 0.25) is 0 Å². The molecule has 1 aromatic heterocycles. The second kappa shape index (κ2) is 4.15. The van der Waals surface area contributed by atoms with Crippen LogP contribution in [0.4, 0.5) is 0 Å². The van der Waals surface area contributed by atoms with Crippen LogP contribution in [-0.4, -0.2) is 37.7 Å². The summed E-state index contributed by atoms with van der Waals surface area (Å²) in [5, 5.41) is 21.5. The molecule has 0 aromatic carbocycles. The van der Waals surface area contributed by atoms with E-state index in [2.05, 4.69) is 10.1 Å². The van der Waals surface area contributed by atoms with E-state index in [4.69, 9.17) is 15.9 Å². The van der Waals surface area contributed by atoms with Crippen molar-refractivity contribution in [3.05, 3.63) is 12.2 Å². The molecule has 68 valence electrons. The maximum Gasteiger partial charge on any atom is 0.164 e. The quantitative estimate of drug-likeness (QED) is 0.492. The molecule has 1 rings (SSSR count). The van der Waals surface area contributed by atoms with Gasteiger partial charge in [0.25, 0.3) is 0 Å². The molecule has 0 fully saturated rings. The Kier molecular flexibility index (Phi) is 3.15. The molecule has 1 heterocycles. The summed E-state index contributed by atoms with van der Waals surface area (Å²) in [6.45, 7) is 0.240. The molecule has 6 heteroatoms. The zero-order valence-corrected chi connectivity index (χ0v) is 6.59. The van der Waals surface area contributed by atoms with Crippen LogP contribution in [-0.2, 0) is 13.1 Å². The highest BCUT2D eigenvalue weighted by atomic mass is 16.3. The largest absolute Gasteiger partial charge is 0.394 e. The summed E-state index contributed by atoms with van der Waals surface area (Å²) in [5.41, 5.74) is 5.28. The van der Waals surface area contributed by atoms with Crippen molar-refractivity contribution in [3.63, 3.8) is 0 Å². The first-order chi connectivity index (χ1) is 5.76. The van der Waals surface area contributed by atoms with E-state index in [-0.39, 0.29) is 19.7 Å². The predicted molar refractivity (Wildman–Crippen MR) is 41.0 cm³/mol. The molecule has 0 amide bonds. The summed E-state index contributed by atoms with van der Waals surface area (Å²) in [6.07, 6.45) is 0.679. The first kappa shape index (κ1) is 9.11. The average molecular weight is 172 g/mol. The molecule has 0 spiro atoms. The SMILES string of the molecule is NCc1ncn(CC(O)CO)n1. The van der Waals surface area contributed by atoms with E-state index < -0.39 is 6.10 Å². The van der Waals surface area contributed by atoms with Gasteiger partial charge in [-0.25, -0.2) is 9.67 Å². The molecular weight excluding hydrogens is 160 g/mol. The lowest BCUT2D eigenvalue weighted by Crippen LogP contribution is -2.20. The number of hydrogen-bond acceptors (Lipinski definition) is 5. The van der Waals surface area contributed by atoms with Gasteiger partial charge in [0.05, 0.1) is 25.8 Å². The molecule has 0 bridgehead atoms. The van der Waals surface area contributed by atoms with E-state index >= 15 is 0 Å². The van der Waals surface area contributed by atoms with Crippen molar-refractivity contribution in [1.29, 1.82) is 0 Å². The third-order valence-corrected chi connectivity index (χ3v) is 1.38. The minimum Gasteiger partial charge on any atom is -0.394 e. The van der Waals surface area contributed by atoms with Crippen molar-refractivity contribution >= 4 is 0 Å². The number of aliphatic hydroxyl groups excluding tert-OH is 2. The lowest BCUT2D eigenvalue weighted by molar-refractivity contribution is 0.0781. The van der Waals surface area contributed by atoms with Gasteiger partial charge in [-0.3, -0.25) is 0 Å². The van der Waals surface area contributed by atoms with Crippen LogP contribution in [0.25, 0.3) is 0 Å². The van der Waals surface area contributed by atoms with Gasteiger partial charge in [0.1, 0.15) is 6.33 Å². The van der Waals surface area contributed by atoms with E-state index in [0.717, 1.165) is 0 Å². The minimum atomic E-state index is -0.794. The molecule has 6 nitrogen and oxygen atoms in total. The summed E-state index contributed by atoms with van der Waals surface area (Å²) in [5.74, 6) is 0.528. The molecule has 1 atom stereocenters. The topological polar surface area (TPSA) is 97.2 Å². The van der Waals surface area contributed by atoms with E-state index in [1.54, 1.807) is 0 Å². The van der Waals surface area contributed by atoms with Crippen LogP contribution in [0.1, 0.15) is 5.82 Å². The number of aliphatic hydroxyl groups is 2. The zero-order valence-electron chi connectivity index (χ0n) is 6.59. The maximum atomic E-state index is 9.02. The normalized spacial score (nSPS) is 13.2. The average Bonchev–Trinajstić information content (AvgIpc) is 2.52. The van der Waals surface area contributed by atoms with Gasteiger partial charge in [0, 0.05) is 0 Å². The second-order valence-electron chi connectivity index (χ2n) is 2.42. The Balaban J connectivity index is 2.52. The van der Waals surface area contributed by atoms with Gasteiger partial charge < -0.3 is 15.9 Å². The van der Waals surface area contributed by atoms with E-state index in [1.165, 1.54) is 11.0 Å². The maximum absolute atomic E-state index is 9.02. The minimum absolute atomic E-state index is 0.240. The summed E-state index contributed by atoms with van der Waals surface area (Å²) >= 11 is 0. The molecule has 1 aromatic rings. The van der Waals surface area contributed by atoms with Gasteiger partial charge >= 0.3 is 0 Å². The Morgan fingerprint density at radius 1 is 1.67 bits per heavy atom. The first-order valence-corrected chi connectivity index (χ1v) is 3.63. The van der Waals surface area contributed by atoms with Crippen molar-refractivity contribution in [1.82, 2.24) is 14.8 Å². The molecule has 4 N–H and O–H groups in total. The standard InChI is InChI=1S/C6H12N4O2/c7-1-6-8-4-10(9-6)2-5(12)3-11/h4-5,11-12H,1-3,7H2. The van der Waals surface area contributed by atoms with Crippen LogP contribution in [0.3, 0.4) is 0 Å². The van der Waals surface area contributed by atoms with Crippen LogP contribution in [0.5, 0.6) is 0 Å². The molecule has 0 aliphatic rings. The number of aromatic nitrogens is 3. The number of nitrogens with two attached hydrogens (primary N) is 1. The highest BCUT2D eigenvalue weighted by Gasteiger charge is 2.04. The molecule has 1 unspecified atom stereocenters. The lowest BCUT2D eigenvalue weighted by Gasteiger charge is -2.04. The van der Waals surface area contributed by atoms with Crippen LogP contribution in [0.2, 0.25) is 0 Å². The molecule has 0 saturated carbocycles. The van der Waals surface area contributed by atoms with Crippen molar-refractivity contribution in [2.45, 2.75) is 19.2 Å².